The second-order valence-electron chi connectivity index (χ2n) is 5.58. The maximum Gasteiger partial charge on any atom is 0.0213 e. The SMILES string of the molecule is Cc1cccc(C)c1CN[C@@H](C)C1CCCC1. The number of benzene rings is 1. The fourth-order valence-electron chi connectivity index (χ4n) is 3.01. The molecule has 17 heavy (non-hydrogen) atoms. The van der Waals surface area contributed by atoms with Gasteiger partial charge in [0.25, 0.3) is 0 Å². The van der Waals surface area contributed by atoms with Gasteiger partial charge in [0, 0.05) is 12.6 Å². The summed E-state index contributed by atoms with van der Waals surface area (Å²) in [5.74, 6) is 0.902. The van der Waals surface area contributed by atoms with Gasteiger partial charge >= 0.3 is 0 Å². The van der Waals surface area contributed by atoms with E-state index >= 15 is 0 Å². The Labute approximate surface area is 106 Å². The molecule has 1 aliphatic rings. The highest BCUT2D eigenvalue weighted by Gasteiger charge is 2.21. The maximum atomic E-state index is 3.72. The van der Waals surface area contributed by atoms with Crippen LogP contribution >= 0.6 is 0 Å². The molecule has 1 aromatic rings. The molecule has 1 aliphatic carbocycles. The molecule has 0 bridgehead atoms. The molecule has 1 nitrogen and oxygen atoms in total. The van der Waals surface area contributed by atoms with E-state index in [9.17, 15) is 0 Å². The fraction of sp³-hybridized carbons (Fsp3) is 0.625. The molecule has 0 spiro atoms. The van der Waals surface area contributed by atoms with Crippen molar-refractivity contribution in [1.29, 1.82) is 0 Å². The Balaban J connectivity index is 1.92. The molecule has 0 amide bonds. The number of aryl methyl sites for hydroxylation is 2. The lowest BCUT2D eigenvalue weighted by atomic mass is 9.98. The van der Waals surface area contributed by atoms with Crippen molar-refractivity contribution in [2.75, 3.05) is 0 Å². The first-order valence-electron chi connectivity index (χ1n) is 6.97. The first-order chi connectivity index (χ1) is 8.18. The maximum absolute atomic E-state index is 3.72. The van der Waals surface area contributed by atoms with E-state index in [0.29, 0.717) is 6.04 Å². The van der Waals surface area contributed by atoms with Gasteiger partial charge in [-0.05, 0) is 56.2 Å². The summed E-state index contributed by atoms with van der Waals surface area (Å²) >= 11 is 0. The Kier molecular flexibility index (Phi) is 4.22. The highest BCUT2D eigenvalue weighted by molar-refractivity contribution is 5.33. The van der Waals surface area contributed by atoms with Gasteiger partial charge in [0.15, 0.2) is 0 Å². The average molecular weight is 231 g/mol. The largest absolute Gasteiger partial charge is 0.310 e. The summed E-state index contributed by atoms with van der Waals surface area (Å²) in [6.45, 7) is 7.80. The molecule has 0 aromatic heterocycles. The third kappa shape index (κ3) is 3.10. The molecule has 0 heterocycles. The Morgan fingerprint density at radius 1 is 1.18 bits per heavy atom. The van der Waals surface area contributed by atoms with Crippen molar-refractivity contribution in [2.24, 2.45) is 5.92 Å². The summed E-state index contributed by atoms with van der Waals surface area (Å²) in [6.07, 6.45) is 5.70. The van der Waals surface area contributed by atoms with Crippen molar-refractivity contribution >= 4 is 0 Å². The molecule has 94 valence electrons. The molecule has 1 atom stereocenters. The van der Waals surface area contributed by atoms with E-state index in [1.807, 2.05) is 0 Å². The third-order valence-corrected chi connectivity index (χ3v) is 4.35. The minimum Gasteiger partial charge on any atom is -0.310 e. The van der Waals surface area contributed by atoms with E-state index in [-0.39, 0.29) is 0 Å². The van der Waals surface area contributed by atoms with Gasteiger partial charge in [-0.3, -0.25) is 0 Å². The van der Waals surface area contributed by atoms with E-state index in [1.165, 1.54) is 42.4 Å². The molecule has 0 radical (unpaired) electrons. The van der Waals surface area contributed by atoms with Gasteiger partial charge in [0.2, 0.25) is 0 Å². The van der Waals surface area contributed by atoms with Crippen LogP contribution in [-0.2, 0) is 6.54 Å². The molecule has 0 aliphatic heterocycles. The highest BCUT2D eigenvalue weighted by atomic mass is 14.9. The van der Waals surface area contributed by atoms with Crippen molar-refractivity contribution in [3.8, 4) is 0 Å². The van der Waals surface area contributed by atoms with E-state index in [0.717, 1.165) is 12.5 Å². The van der Waals surface area contributed by atoms with Crippen molar-refractivity contribution in [1.82, 2.24) is 5.32 Å². The lowest BCUT2D eigenvalue weighted by Gasteiger charge is -2.21. The van der Waals surface area contributed by atoms with E-state index in [1.54, 1.807) is 0 Å². The van der Waals surface area contributed by atoms with Crippen LogP contribution in [0.2, 0.25) is 0 Å². The number of rotatable bonds is 4. The summed E-state index contributed by atoms with van der Waals surface area (Å²) in [6, 6.07) is 7.24. The normalized spacial score (nSPS) is 18.5. The Morgan fingerprint density at radius 3 is 2.35 bits per heavy atom. The van der Waals surface area contributed by atoms with Crippen LogP contribution in [0.4, 0.5) is 0 Å². The van der Waals surface area contributed by atoms with E-state index in [2.05, 4.69) is 44.3 Å². The zero-order chi connectivity index (χ0) is 12.3. The van der Waals surface area contributed by atoms with Crippen molar-refractivity contribution in [3.05, 3.63) is 34.9 Å². The summed E-state index contributed by atoms with van der Waals surface area (Å²) in [5, 5.41) is 3.72. The van der Waals surface area contributed by atoms with Crippen LogP contribution in [0.1, 0.15) is 49.3 Å². The summed E-state index contributed by atoms with van der Waals surface area (Å²) in [7, 11) is 0. The number of hydrogen-bond donors (Lipinski definition) is 1. The Hall–Kier alpha value is -0.820. The third-order valence-electron chi connectivity index (χ3n) is 4.35. The molecule has 1 aromatic carbocycles. The summed E-state index contributed by atoms with van der Waals surface area (Å²) in [5.41, 5.74) is 4.31. The van der Waals surface area contributed by atoms with E-state index in [4.69, 9.17) is 0 Å². The van der Waals surface area contributed by atoms with Crippen molar-refractivity contribution in [3.63, 3.8) is 0 Å². The van der Waals surface area contributed by atoms with Gasteiger partial charge in [-0.1, -0.05) is 31.0 Å². The first-order valence-corrected chi connectivity index (χ1v) is 6.97. The molecule has 1 saturated carbocycles. The molecule has 1 fully saturated rings. The van der Waals surface area contributed by atoms with Crippen LogP contribution in [0, 0.1) is 19.8 Å². The standard InChI is InChI=1S/C16H25N/c1-12-7-6-8-13(2)16(12)11-17-14(3)15-9-4-5-10-15/h6-8,14-15,17H,4-5,9-11H2,1-3H3/t14-/m0/s1. The van der Waals surface area contributed by atoms with Gasteiger partial charge in [-0.15, -0.1) is 0 Å². The van der Waals surface area contributed by atoms with Crippen LogP contribution in [0.3, 0.4) is 0 Å². The van der Waals surface area contributed by atoms with Gasteiger partial charge in [0.1, 0.15) is 0 Å². The highest BCUT2D eigenvalue weighted by Crippen LogP contribution is 2.27. The molecule has 1 heteroatoms. The second kappa shape index (κ2) is 5.68. The molecule has 0 unspecified atom stereocenters. The van der Waals surface area contributed by atoms with E-state index < -0.39 is 0 Å². The summed E-state index contributed by atoms with van der Waals surface area (Å²) in [4.78, 5) is 0. The van der Waals surface area contributed by atoms with Gasteiger partial charge in [-0.25, -0.2) is 0 Å². The van der Waals surface area contributed by atoms with Crippen LogP contribution < -0.4 is 5.32 Å². The topological polar surface area (TPSA) is 12.0 Å². The van der Waals surface area contributed by atoms with Gasteiger partial charge in [0.05, 0.1) is 0 Å². The Bertz CT molecular complexity index is 344. The predicted molar refractivity (Wildman–Crippen MR) is 74.2 cm³/mol. The quantitative estimate of drug-likeness (QED) is 0.826. The molecular formula is C16H25N. The first kappa shape index (κ1) is 12.6. The van der Waals surface area contributed by atoms with Crippen LogP contribution in [0.5, 0.6) is 0 Å². The van der Waals surface area contributed by atoms with Gasteiger partial charge < -0.3 is 5.32 Å². The zero-order valence-corrected chi connectivity index (χ0v) is 11.4. The fourth-order valence-corrected chi connectivity index (χ4v) is 3.01. The molecule has 0 saturated heterocycles. The lowest BCUT2D eigenvalue weighted by molar-refractivity contribution is 0.380. The molecule has 2 rings (SSSR count). The van der Waals surface area contributed by atoms with Crippen molar-refractivity contribution < 1.29 is 0 Å². The van der Waals surface area contributed by atoms with Crippen LogP contribution in [0.25, 0.3) is 0 Å². The smallest absolute Gasteiger partial charge is 0.0213 e. The minimum atomic E-state index is 0.663. The Morgan fingerprint density at radius 2 is 1.76 bits per heavy atom. The summed E-state index contributed by atoms with van der Waals surface area (Å²) < 4.78 is 0. The lowest BCUT2D eigenvalue weighted by Crippen LogP contribution is -2.32. The molecular weight excluding hydrogens is 206 g/mol. The van der Waals surface area contributed by atoms with Gasteiger partial charge in [-0.2, -0.15) is 0 Å². The molecule has 1 N–H and O–H groups in total. The van der Waals surface area contributed by atoms with Crippen molar-refractivity contribution in [2.45, 2.75) is 59.0 Å². The predicted octanol–water partition coefficient (Wildman–Crippen LogP) is 3.97. The number of hydrogen-bond acceptors (Lipinski definition) is 1. The number of nitrogens with one attached hydrogen (secondary N) is 1. The zero-order valence-electron chi connectivity index (χ0n) is 11.4. The minimum absolute atomic E-state index is 0.663. The second-order valence-corrected chi connectivity index (χ2v) is 5.58. The monoisotopic (exact) mass is 231 g/mol. The van der Waals surface area contributed by atoms with Crippen LogP contribution in [0.15, 0.2) is 18.2 Å². The average Bonchev–Trinajstić information content (AvgIpc) is 2.81. The van der Waals surface area contributed by atoms with Crippen LogP contribution in [-0.4, -0.2) is 6.04 Å².